The van der Waals surface area contributed by atoms with Gasteiger partial charge in [-0.05, 0) is 50.4 Å². The molecule has 2 aromatic rings. The molecule has 1 amide bonds. The van der Waals surface area contributed by atoms with Gasteiger partial charge in [0.15, 0.2) is 0 Å². The molecule has 0 aliphatic heterocycles. The molecule has 2 N–H and O–H groups in total. The first kappa shape index (κ1) is 15.1. The fourth-order valence-electron chi connectivity index (χ4n) is 2.08. The van der Waals surface area contributed by atoms with Crippen molar-refractivity contribution < 1.29 is 9.53 Å². The molecule has 112 valence electrons. The van der Waals surface area contributed by atoms with Crippen molar-refractivity contribution in [3.05, 3.63) is 30.5 Å². The van der Waals surface area contributed by atoms with E-state index in [1.54, 1.807) is 13.3 Å². The molecule has 1 aromatic carbocycles. The molecule has 2 rings (SSSR count). The minimum Gasteiger partial charge on any atom is -0.497 e. The Morgan fingerprint density at radius 3 is 2.67 bits per heavy atom. The smallest absolute Gasteiger partial charge is 0.242 e. The lowest BCUT2D eigenvalue weighted by Gasteiger charge is -2.17. The van der Waals surface area contributed by atoms with Crippen molar-refractivity contribution in [2.75, 3.05) is 12.4 Å². The number of nitrogens with zero attached hydrogens (tertiary/aromatic N) is 1. The number of carbonyl (C=O) groups excluding carboxylic acids is 1. The van der Waals surface area contributed by atoms with Crippen LogP contribution in [0.2, 0.25) is 0 Å². The fraction of sp³-hybridized carbons (Fsp3) is 0.375. The van der Waals surface area contributed by atoms with E-state index >= 15 is 0 Å². The minimum atomic E-state index is -0.354. The average Bonchev–Trinajstić information content (AvgIpc) is 2.46. The normalized spacial score (nSPS) is 12.2. The van der Waals surface area contributed by atoms with Gasteiger partial charge < -0.3 is 15.4 Å². The maximum Gasteiger partial charge on any atom is 0.242 e. The van der Waals surface area contributed by atoms with E-state index in [2.05, 4.69) is 15.6 Å². The van der Waals surface area contributed by atoms with E-state index in [0.29, 0.717) is 5.82 Å². The summed E-state index contributed by atoms with van der Waals surface area (Å²) in [7, 11) is 1.64. The van der Waals surface area contributed by atoms with Gasteiger partial charge in [-0.3, -0.25) is 4.79 Å². The third kappa shape index (κ3) is 3.62. The molecule has 0 saturated heterocycles. The summed E-state index contributed by atoms with van der Waals surface area (Å²) in [6, 6.07) is 7.45. The number of aromatic nitrogens is 1. The van der Waals surface area contributed by atoms with Crippen LogP contribution in [0.1, 0.15) is 20.8 Å². The van der Waals surface area contributed by atoms with E-state index in [4.69, 9.17) is 4.74 Å². The highest BCUT2D eigenvalue weighted by atomic mass is 16.5. The Hall–Kier alpha value is -2.30. The number of pyridine rings is 1. The van der Waals surface area contributed by atoms with Crippen molar-refractivity contribution in [1.82, 2.24) is 10.3 Å². The molecule has 0 saturated carbocycles. The topological polar surface area (TPSA) is 63.2 Å². The molecule has 5 heteroatoms. The Morgan fingerprint density at radius 2 is 2.00 bits per heavy atom. The van der Waals surface area contributed by atoms with Crippen molar-refractivity contribution in [3.8, 4) is 5.75 Å². The van der Waals surface area contributed by atoms with E-state index in [1.807, 2.05) is 45.0 Å². The number of carbonyl (C=O) groups is 1. The van der Waals surface area contributed by atoms with Gasteiger partial charge >= 0.3 is 0 Å². The van der Waals surface area contributed by atoms with Crippen LogP contribution in [-0.2, 0) is 4.79 Å². The van der Waals surface area contributed by atoms with Crippen molar-refractivity contribution >= 4 is 22.5 Å². The molecular weight excluding hydrogens is 266 g/mol. The summed E-state index contributed by atoms with van der Waals surface area (Å²) >= 11 is 0. The Labute approximate surface area is 124 Å². The van der Waals surface area contributed by atoms with Gasteiger partial charge in [-0.15, -0.1) is 0 Å². The van der Waals surface area contributed by atoms with Crippen LogP contribution in [0.5, 0.6) is 5.75 Å². The highest BCUT2D eigenvalue weighted by Crippen LogP contribution is 2.25. The number of anilines is 1. The van der Waals surface area contributed by atoms with Gasteiger partial charge in [0.2, 0.25) is 5.91 Å². The lowest BCUT2D eigenvalue weighted by molar-refractivity contribution is -0.122. The summed E-state index contributed by atoms with van der Waals surface area (Å²) in [6.45, 7) is 5.70. The van der Waals surface area contributed by atoms with Gasteiger partial charge in [-0.1, -0.05) is 0 Å². The Morgan fingerprint density at radius 1 is 1.24 bits per heavy atom. The second-order valence-corrected chi connectivity index (χ2v) is 5.28. The average molecular weight is 287 g/mol. The van der Waals surface area contributed by atoms with E-state index in [-0.39, 0.29) is 18.0 Å². The van der Waals surface area contributed by atoms with Crippen LogP contribution in [-0.4, -0.2) is 30.1 Å². The molecule has 1 heterocycles. The van der Waals surface area contributed by atoms with Crippen molar-refractivity contribution in [2.45, 2.75) is 32.9 Å². The SMILES string of the molecule is COc1ccc2c(NC(C)C(=O)NC(C)C)nccc2c1. The summed E-state index contributed by atoms with van der Waals surface area (Å²) in [4.78, 5) is 16.3. The van der Waals surface area contributed by atoms with Crippen molar-refractivity contribution in [2.24, 2.45) is 0 Å². The molecular formula is C16H21N3O2. The van der Waals surface area contributed by atoms with E-state index in [1.165, 1.54) is 0 Å². The number of methoxy groups -OCH3 is 1. The monoisotopic (exact) mass is 287 g/mol. The first-order chi connectivity index (χ1) is 10.0. The van der Waals surface area contributed by atoms with Gasteiger partial charge in [0, 0.05) is 17.6 Å². The van der Waals surface area contributed by atoms with Crippen molar-refractivity contribution in [1.29, 1.82) is 0 Å². The number of ether oxygens (including phenoxy) is 1. The maximum atomic E-state index is 12.0. The lowest BCUT2D eigenvalue weighted by atomic mass is 10.1. The van der Waals surface area contributed by atoms with Crippen molar-refractivity contribution in [3.63, 3.8) is 0 Å². The second kappa shape index (κ2) is 6.43. The summed E-state index contributed by atoms with van der Waals surface area (Å²) in [5.41, 5.74) is 0. The largest absolute Gasteiger partial charge is 0.497 e. The standard InChI is InChI=1S/C16H21N3O2/c1-10(2)18-16(20)11(3)19-15-14-6-5-13(21-4)9-12(14)7-8-17-15/h5-11H,1-4H3,(H,17,19)(H,18,20). The van der Waals surface area contributed by atoms with Crippen LogP contribution >= 0.6 is 0 Å². The first-order valence-corrected chi connectivity index (χ1v) is 7.01. The Balaban J connectivity index is 2.24. The van der Waals surface area contributed by atoms with E-state index in [9.17, 15) is 4.79 Å². The van der Waals surface area contributed by atoms with Gasteiger partial charge in [0.25, 0.3) is 0 Å². The zero-order valence-electron chi connectivity index (χ0n) is 12.8. The molecule has 0 bridgehead atoms. The Kier molecular flexibility index (Phi) is 4.62. The van der Waals surface area contributed by atoms with Crippen LogP contribution < -0.4 is 15.4 Å². The molecule has 0 aliphatic carbocycles. The number of hydrogen-bond donors (Lipinski definition) is 2. The number of amides is 1. The number of rotatable bonds is 5. The van der Waals surface area contributed by atoms with Crippen LogP contribution in [0.3, 0.4) is 0 Å². The summed E-state index contributed by atoms with van der Waals surface area (Å²) in [6.07, 6.45) is 1.72. The predicted molar refractivity (Wildman–Crippen MR) is 84.7 cm³/mol. The molecule has 1 aromatic heterocycles. The molecule has 21 heavy (non-hydrogen) atoms. The molecule has 1 unspecified atom stereocenters. The zero-order valence-corrected chi connectivity index (χ0v) is 12.8. The van der Waals surface area contributed by atoms with E-state index in [0.717, 1.165) is 16.5 Å². The molecule has 0 aliphatic rings. The van der Waals surface area contributed by atoms with Gasteiger partial charge in [0.05, 0.1) is 7.11 Å². The minimum absolute atomic E-state index is 0.0442. The van der Waals surface area contributed by atoms with Crippen LogP contribution in [0.4, 0.5) is 5.82 Å². The Bertz CT molecular complexity index is 640. The molecule has 5 nitrogen and oxygen atoms in total. The number of fused-ring (bicyclic) bond motifs is 1. The van der Waals surface area contributed by atoms with Gasteiger partial charge in [-0.25, -0.2) is 4.98 Å². The fourth-order valence-corrected chi connectivity index (χ4v) is 2.08. The van der Waals surface area contributed by atoms with Gasteiger partial charge in [0.1, 0.15) is 17.6 Å². The van der Waals surface area contributed by atoms with Crippen LogP contribution in [0.15, 0.2) is 30.5 Å². The number of hydrogen-bond acceptors (Lipinski definition) is 4. The molecule has 0 spiro atoms. The second-order valence-electron chi connectivity index (χ2n) is 5.28. The molecule has 0 fully saturated rings. The third-order valence-corrected chi connectivity index (χ3v) is 3.15. The number of benzene rings is 1. The third-order valence-electron chi connectivity index (χ3n) is 3.15. The molecule has 0 radical (unpaired) electrons. The highest BCUT2D eigenvalue weighted by Gasteiger charge is 2.15. The first-order valence-electron chi connectivity index (χ1n) is 7.01. The summed E-state index contributed by atoms with van der Waals surface area (Å²) < 4.78 is 5.22. The van der Waals surface area contributed by atoms with Crippen LogP contribution in [0.25, 0.3) is 10.8 Å². The lowest BCUT2D eigenvalue weighted by Crippen LogP contribution is -2.41. The predicted octanol–water partition coefficient (Wildman–Crippen LogP) is 2.57. The van der Waals surface area contributed by atoms with Crippen LogP contribution in [0, 0.1) is 0 Å². The summed E-state index contributed by atoms with van der Waals surface area (Å²) in [5, 5.41) is 8.02. The van der Waals surface area contributed by atoms with Gasteiger partial charge in [-0.2, -0.15) is 0 Å². The summed E-state index contributed by atoms with van der Waals surface area (Å²) in [5.74, 6) is 1.45. The zero-order chi connectivity index (χ0) is 15.4. The number of nitrogens with one attached hydrogen (secondary N) is 2. The quantitative estimate of drug-likeness (QED) is 0.887. The van der Waals surface area contributed by atoms with E-state index < -0.39 is 0 Å². The highest BCUT2D eigenvalue weighted by molar-refractivity contribution is 5.94. The maximum absolute atomic E-state index is 12.0. The molecule has 1 atom stereocenters.